The summed E-state index contributed by atoms with van der Waals surface area (Å²) in [5, 5.41) is 0. The molecular formula is C22H30O2Sn. The summed E-state index contributed by atoms with van der Waals surface area (Å²) in [5.41, 5.74) is 2.51. The first-order chi connectivity index (χ1) is 12.3. The summed E-state index contributed by atoms with van der Waals surface area (Å²) < 4.78 is 16.1. The Morgan fingerprint density at radius 2 is 1.08 bits per heavy atom. The molecule has 0 bridgehead atoms. The molecule has 2 unspecified atom stereocenters. The van der Waals surface area contributed by atoms with Crippen molar-refractivity contribution in [3.63, 3.8) is 0 Å². The first kappa shape index (κ1) is 18.9. The van der Waals surface area contributed by atoms with Gasteiger partial charge in [-0.1, -0.05) is 0 Å². The van der Waals surface area contributed by atoms with Crippen LogP contribution in [0.15, 0.2) is 60.7 Å². The van der Waals surface area contributed by atoms with Crippen molar-refractivity contribution < 1.29 is 6.15 Å². The molecule has 134 valence electrons. The van der Waals surface area contributed by atoms with Crippen LogP contribution in [0.1, 0.15) is 62.9 Å². The van der Waals surface area contributed by atoms with Gasteiger partial charge in [0.25, 0.3) is 0 Å². The van der Waals surface area contributed by atoms with Crippen molar-refractivity contribution in [2.24, 2.45) is 0 Å². The summed E-state index contributed by atoms with van der Waals surface area (Å²) in [6.45, 7) is 4.52. The standard InChI is InChI=1S/C14H12O2.2C4H9.Sn/c15-13(11-7-3-1-4-8-11)14(16)12-9-5-2-6-10-12;2*1-3-4-2;/h1-10,13-14H;2*1,3-4H2,2H3;/q-2;;;+2. The molecule has 0 radical (unpaired) electrons. The van der Waals surface area contributed by atoms with Crippen molar-refractivity contribution in [1.29, 1.82) is 0 Å². The molecular weight excluding hydrogens is 415 g/mol. The fourth-order valence-corrected chi connectivity index (χ4v) is 15.1. The Balaban J connectivity index is 1.92. The van der Waals surface area contributed by atoms with E-state index in [1.165, 1.54) is 45.7 Å². The molecule has 0 aromatic heterocycles. The summed E-state index contributed by atoms with van der Waals surface area (Å²) in [7, 11) is 0. The molecule has 0 amide bonds. The van der Waals surface area contributed by atoms with Gasteiger partial charge in [-0.05, 0) is 0 Å². The maximum atomic E-state index is 6.89. The molecule has 2 atom stereocenters. The van der Waals surface area contributed by atoms with E-state index in [-0.39, 0.29) is 12.2 Å². The van der Waals surface area contributed by atoms with Crippen molar-refractivity contribution in [2.75, 3.05) is 0 Å². The molecule has 1 aliphatic heterocycles. The van der Waals surface area contributed by atoms with Crippen molar-refractivity contribution >= 4 is 19.2 Å². The second kappa shape index (κ2) is 9.20. The minimum atomic E-state index is -3.04. The van der Waals surface area contributed by atoms with E-state index in [4.69, 9.17) is 6.15 Å². The van der Waals surface area contributed by atoms with E-state index >= 15 is 0 Å². The molecule has 2 aromatic rings. The quantitative estimate of drug-likeness (QED) is 0.429. The second-order valence-electron chi connectivity index (χ2n) is 7.02. The Kier molecular flexibility index (Phi) is 6.97. The van der Waals surface area contributed by atoms with Crippen LogP contribution in [0.2, 0.25) is 8.87 Å². The molecule has 3 rings (SSSR count). The van der Waals surface area contributed by atoms with Crippen molar-refractivity contribution in [3.8, 4) is 0 Å². The third-order valence-electron chi connectivity index (χ3n) is 5.04. The predicted octanol–water partition coefficient (Wildman–Crippen LogP) is 6.56. The topological polar surface area (TPSA) is 18.5 Å². The van der Waals surface area contributed by atoms with Crippen molar-refractivity contribution in [1.82, 2.24) is 0 Å². The van der Waals surface area contributed by atoms with Gasteiger partial charge in [0.15, 0.2) is 0 Å². The molecule has 1 heterocycles. The van der Waals surface area contributed by atoms with Gasteiger partial charge in [-0.15, -0.1) is 0 Å². The van der Waals surface area contributed by atoms with Crippen LogP contribution in [0.25, 0.3) is 0 Å². The first-order valence-electron chi connectivity index (χ1n) is 9.73. The average Bonchev–Trinajstić information content (AvgIpc) is 3.06. The predicted molar refractivity (Wildman–Crippen MR) is 106 cm³/mol. The SMILES string of the molecule is CCC[CH2][Sn]1([CH2]CCC)[O]C(c2ccccc2)C(c2ccccc2)[O]1. The first-order valence-corrected chi connectivity index (χ1v) is 16.1. The van der Waals surface area contributed by atoms with E-state index in [1.807, 2.05) is 0 Å². The van der Waals surface area contributed by atoms with Gasteiger partial charge in [0.1, 0.15) is 0 Å². The molecule has 1 aliphatic rings. The molecule has 1 fully saturated rings. The van der Waals surface area contributed by atoms with Gasteiger partial charge in [0, 0.05) is 0 Å². The summed E-state index contributed by atoms with van der Waals surface area (Å²) in [4.78, 5) is 0. The van der Waals surface area contributed by atoms with E-state index in [1.54, 1.807) is 0 Å². The summed E-state index contributed by atoms with van der Waals surface area (Å²) in [5.74, 6) is 0. The fraction of sp³-hybridized carbons (Fsp3) is 0.455. The summed E-state index contributed by atoms with van der Waals surface area (Å²) >= 11 is -3.04. The van der Waals surface area contributed by atoms with Crippen LogP contribution in [0.5, 0.6) is 0 Å². The third kappa shape index (κ3) is 4.66. The number of hydrogen-bond acceptors (Lipinski definition) is 2. The Bertz CT molecular complexity index is 571. The summed E-state index contributed by atoms with van der Waals surface area (Å²) in [6, 6.07) is 21.3. The minimum absolute atomic E-state index is 0.0492. The van der Waals surface area contributed by atoms with Gasteiger partial charge >= 0.3 is 158 Å². The van der Waals surface area contributed by atoms with Crippen LogP contribution in [0.3, 0.4) is 0 Å². The van der Waals surface area contributed by atoms with Crippen LogP contribution < -0.4 is 0 Å². The molecule has 1 saturated heterocycles. The Morgan fingerprint density at radius 3 is 1.44 bits per heavy atom. The van der Waals surface area contributed by atoms with E-state index in [0.717, 1.165) is 0 Å². The van der Waals surface area contributed by atoms with Crippen molar-refractivity contribution in [3.05, 3.63) is 71.8 Å². The summed E-state index contributed by atoms with van der Waals surface area (Å²) in [6.07, 6.45) is 4.97. The van der Waals surface area contributed by atoms with E-state index in [2.05, 4.69) is 74.5 Å². The zero-order chi connectivity index (χ0) is 17.5. The maximum absolute atomic E-state index is 6.89. The van der Waals surface area contributed by atoms with E-state index in [9.17, 15) is 0 Å². The number of hydrogen-bond donors (Lipinski definition) is 0. The zero-order valence-corrected chi connectivity index (χ0v) is 18.3. The molecule has 0 N–H and O–H groups in total. The number of unbranched alkanes of at least 4 members (excludes halogenated alkanes) is 2. The Hall–Kier alpha value is -0.841. The second-order valence-corrected chi connectivity index (χ2v) is 16.4. The van der Waals surface area contributed by atoms with Crippen LogP contribution in [-0.2, 0) is 6.15 Å². The normalized spacial score (nSPS) is 22.2. The van der Waals surface area contributed by atoms with Gasteiger partial charge in [-0.25, -0.2) is 0 Å². The van der Waals surface area contributed by atoms with Gasteiger partial charge < -0.3 is 0 Å². The van der Waals surface area contributed by atoms with Crippen LogP contribution in [-0.4, -0.2) is 19.2 Å². The molecule has 2 aromatic carbocycles. The third-order valence-corrected chi connectivity index (χ3v) is 15.3. The van der Waals surface area contributed by atoms with E-state index in [0.29, 0.717) is 0 Å². The molecule has 0 aliphatic carbocycles. The molecule has 25 heavy (non-hydrogen) atoms. The fourth-order valence-electron chi connectivity index (χ4n) is 3.64. The van der Waals surface area contributed by atoms with Crippen LogP contribution >= 0.6 is 0 Å². The van der Waals surface area contributed by atoms with E-state index < -0.39 is 19.2 Å². The zero-order valence-electron chi connectivity index (χ0n) is 15.5. The van der Waals surface area contributed by atoms with Crippen LogP contribution in [0, 0.1) is 0 Å². The van der Waals surface area contributed by atoms with Crippen LogP contribution in [0.4, 0.5) is 0 Å². The monoisotopic (exact) mass is 446 g/mol. The Labute approximate surface area is 157 Å². The van der Waals surface area contributed by atoms with Gasteiger partial charge in [-0.3, -0.25) is 0 Å². The molecule has 2 nitrogen and oxygen atoms in total. The van der Waals surface area contributed by atoms with Gasteiger partial charge in [0.2, 0.25) is 0 Å². The number of benzene rings is 2. The molecule has 0 spiro atoms. The Morgan fingerprint density at radius 1 is 0.680 bits per heavy atom. The molecule has 0 saturated carbocycles. The van der Waals surface area contributed by atoms with Gasteiger partial charge in [-0.2, -0.15) is 0 Å². The average molecular weight is 445 g/mol. The van der Waals surface area contributed by atoms with Gasteiger partial charge in [0.05, 0.1) is 0 Å². The van der Waals surface area contributed by atoms with Crippen molar-refractivity contribution in [2.45, 2.75) is 60.6 Å². The molecule has 3 heteroatoms. The number of rotatable bonds is 8.